The third-order valence-corrected chi connectivity index (χ3v) is 2.44. The summed E-state index contributed by atoms with van der Waals surface area (Å²) in [5, 5.41) is 2.58. The fourth-order valence-corrected chi connectivity index (χ4v) is 1.71. The summed E-state index contributed by atoms with van der Waals surface area (Å²) in [7, 11) is 0. The van der Waals surface area contributed by atoms with E-state index >= 15 is 0 Å². The standard InChI is InChI=1S/C17H25NO4/c1-16(2,3)21-14(19)13(12-10-8-7-9-11-12)18-15(20)22-17(4,5)6/h7-11,13H,1-6H3,(H,18,20)/t13-/m0/s1. The summed E-state index contributed by atoms with van der Waals surface area (Å²) in [4.78, 5) is 24.3. The van der Waals surface area contributed by atoms with E-state index in [1.165, 1.54) is 0 Å². The molecule has 0 fully saturated rings. The van der Waals surface area contributed by atoms with Crippen LogP contribution in [0.15, 0.2) is 30.3 Å². The predicted molar refractivity (Wildman–Crippen MR) is 84.4 cm³/mol. The molecule has 0 radical (unpaired) electrons. The Bertz CT molecular complexity index is 512. The molecule has 5 nitrogen and oxygen atoms in total. The van der Waals surface area contributed by atoms with E-state index in [1.54, 1.807) is 65.8 Å². The Balaban J connectivity index is 2.93. The fraction of sp³-hybridized carbons (Fsp3) is 0.529. The maximum absolute atomic E-state index is 12.4. The van der Waals surface area contributed by atoms with E-state index in [1.807, 2.05) is 6.07 Å². The summed E-state index contributed by atoms with van der Waals surface area (Å²) in [6.07, 6.45) is -0.660. The van der Waals surface area contributed by atoms with Gasteiger partial charge in [-0.3, -0.25) is 0 Å². The van der Waals surface area contributed by atoms with Gasteiger partial charge in [-0.25, -0.2) is 9.59 Å². The monoisotopic (exact) mass is 307 g/mol. The third kappa shape index (κ3) is 6.61. The lowest BCUT2D eigenvalue weighted by molar-refractivity contribution is -0.157. The van der Waals surface area contributed by atoms with Crippen molar-refractivity contribution in [2.24, 2.45) is 0 Å². The molecule has 1 rings (SSSR count). The first kappa shape index (κ1) is 18.0. The molecule has 1 aromatic carbocycles. The van der Waals surface area contributed by atoms with Crippen molar-refractivity contribution < 1.29 is 19.1 Å². The van der Waals surface area contributed by atoms with Crippen molar-refractivity contribution in [2.75, 3.05) is 0 Å². The van der Waals surface area contributed by atoms with Crippen LogP contribution in [0.25, 0.3) is 0 Å². The quantitative estimate of drug-likeness (QED) is 0.867. The smallest absolute Gasteiger partial charge is 0.408 e. The van der Waals surface area contributed by atoms with Gasteiger partial charge in [0.1, 0.15) is 11.2 Å². The Morgan fingerprint density at radius 3 is 1.86 bits per heavy atom. The number of alkyl carbamates (subject to hydrolysis) is 1. The zero-order valence-electron chi connectivity index (χ0n) is 14.1. The third-order valence-electron chi connectivity index (χ3n) is 2.44. The molecule has 5 heteroatoms. The van der Waals surface area contributed by atoms with Crippen LogP contribution in [0.2, 0.25) is 0 Å². The summed E-state index contributed by atoms with van der Waals surface area (Å²) < 4.78 is 10.6. The van der Waals surface area contributed by atoms with E-state index in [0.717, 1.165) is 0 Å². The van der Waals surface area contributed by atoms with E-state index in [0.29, 0.717) is 5.56 Å². The molecule has 1 atom stereocenters. The largest absolute Gasteiger partial charge is 0.458 e. The number of carbonyl (C=O) groups excluding carboxylic acids is 2. The molecule has 0 aliphatic carbocycles. The van der Waals surface area contributed by atoms with Crippen LogP contribution in [0.1, 0.15) is 53.1 Å². The van der Waals surface area contributed by atoms with Gasteiger partial charge in [-0.05, 0) is 47.1 Å². The van der Waals surface area contributed by atoms with Crippen molar-refractivity contribution in [2.45, 2.75) is 58.8 Å². The van der Waals surface area contributed by atoms with Crippen LogP contribution < -0.4 is 5.32 Å². The molecule has 1 aromatic rings. The first-order valence-corrected chi connectivity index (χ1v) is 7.25. The Labute approximate surface area is 132 Å². The van der Waals surface area contributed by atoms with Crippen molar-refractivity contribution in [3.63, 3.8) is 0 Å². The Kier molecular flexibility index (Phi) is 5.58. The summed E-state index contributed by atoms with van der Waals surface area (Å²) >= 11 is 0. The first-order chi connectivity index (χ1) is 9.98. The number of rotatable bonds is 3. The van der Waals surface area contributed by atoms with Crippen LogP contribution in [0.5, 0.6) is 0 Å². The van der Waals surface area contributed by atoms with Crippen LogP contribution in [-0.2, 0) is 14.3 Å². The van der Waals surface area contributed by atoms with Crippen LogP contribution in [-0.4, -0.2) is 23.3 Å². The van der Waals surface area contributed by atoms with Gasteiger partial charge >= 0.3 is 12.1 Å². The number of amides is 1. The molecule has 0 unspecified atom stereocenters. The van der Waals surface area contributed by atoms with Gasteiger partial charge in [0, 0.05) is 0 Å². The summed E-state index contributed by atoms with van der Waals surface area (Å²) in [5.41, 5.74) is -0.637. The zero-order valence-corrected chi connectivity index (χ0v) is 14.1. The van der Waals surface area contributed by atoms with Crippen LogP contribution in [0.3, 0.4) is 0 Å². The molecule has 0 aromatic heterocycles. The molecule has 122 valence electrons. The van der Waals surface area contributed by atoms with Crippen molar-refractivity contribution in [3.05, 3.63) is 35.9 Å². The van der Waals surface area contributed by atoms with E-state index in [2.05, 4.69) is 5.32 Å². The lowest BCUT2D eigenvalue weighted by Gasteiger charge is -2.26. The predicted octanol–water partition coefficient (Wildman–Crippen LogP) is 3.59. The molecular formula is C17H25NO4. The minimum absolute atomic E-state index is 0.524. The topological polar surface area (TPSA) is 64.6 Å². The average molecular weight is 307 g/mol. The number of benzene rings is 1. The van der Waals surface area contributed by atoms with Crippen molar-refractivity contribution >= 4 is 12.1 Å². The molecule has 0 heterocycles. The van der Waals surface area contributed by atoms with Gasteiger partial charge in [-0.15, -0.1) is 0 Å². The van der Waals surface area contributed by atoms with E-state index < -0.39 is 29.3 Å². The number of ether oxygens (including phenoxy) is 2. The SMILES string of the molecule is CC(C)(C)OC(=O)N[C@H](C(=O)OC(C)(C)C)c1ccccc1. The number of hydrogen-bond donors (Lipinski definition) is 1. The summed E-state index contributed by atoms with van der Waals surface area (Å²) in [6, 6.07) is 8.03. The normalized spacial score (nSPS) is 13.2. The molecule has 1 N–H and O–H groups in total. The van der Waals surface area contributed by atoms with Gasteiger partial charge in [0.25, 0.3) is 0 Å². The van der Waals surface area contributed by atoms with Gasteiger partial charge in [-0.2, -0.15) is 0 Å². The Hall–Kier alpha value is -2.04. The highest BCUT2D eigenvalue weighted by atomic mass is 16.6. The van der Waals surface area contributed by atoms with Crippen molar-refractivity contribution in [3.8, 4) is 0 Å². The molecule has 0 spiro atoms. The van der Waals surface area contributed by atoms with Gasteiger partial charge < -0.3 is 14.8 Å². The second-order valence-corrected chi connectivity index (χ2v) is 7.02. The second kappa shape index (κ2) is 6.81. The lowest BCUT2D eigenvalue weighted by atomic mass is 10.1. The van der Waals surface area contributed by atoms with Gasteiger partial charge in [-0.1, -0.05) is 30.3 Å². The van der Waals surface area contributed by atoms with Crippen LogP contribution >= 0.6 is 0 Å². The zero-order chi connectivity index (χ0) is 17.0. The summed E-state index contributed by atoms with van der Waals surface area (Å²) in [6.45, 7) is 10.6. The molecule has 0 saturated heterocycles. The van der Waals surface area contributed by atoms with Crippen LogP contribution in [0, 0.1) is 0 Å². The fourth-order valence-electron chi connectivity index (χ4n) is 1.71. The Morgan fingerprint density at radius 1 is 0.909 bits per heavy atom. The minimum atomic E-state index is -0.907. The number of esters is 1. The average Bonchev–Trinajstić information content (AvgIpc) is 2.32. The molecule has 0 aliphatic heterocycles. The molecule has 1 amide bonds. The molecule has 0 aliphatic rings. The number of carbonyl (C=O) groups is 2. The molecule has 0 saturated carbocycles. The van der Waals surface area contributed by atoms with E-state index in [-0.39, 0.29) is 0 Å². The number of hydrogen-bond acceptors (Lipinski definition) is 4. The second-order valence-electron chi connectivity index (χ2n) is 7.02. The Morgan fingerprint density at radius 2 is 1.41 bits per heavy atom. The van der Waals surface area contributed by atoms with Crippen molar-refractivity contribution in [1.82, 2.24) is 5.32 Å². The minimum Gasteiger partial charge on any atom is -0.458 e. The van der Waals surface area contributed by atoms with Crippen LogP contribution in [0.4, 0.5) is 4.79 Å². The first-order valence-electron chi connectivity index (χ1n) is 7.25. The number of nitrogens with one attached hydrogen (secondary N) is 1. The maximum Gasteiger partial charge on any atom is 0.408 e. The van der Waals surface area contributed by atoms with Gasteiger partial charge in [0.15, 0.2) is 6.04 Å². The van der Waals surface area contributed by atoms with Gasteiger partial charge in [0.05, 0.1) is 0 Å². The van der Waals surface area contributed by atoms with E-state index in [4.69, 9.17) is 9.47 Å². The highest BCUT2D eigenvalue weighted by molar-refractivity contribution is 5.83. The highest BCUT2D eigenvalue weighted by Crippen LogP contribution is 2.19. The molecule has 22 heavy (non-hydrogen) atoms. The molecule has 0 bridgehead atoms. The lowest BCUT2D eigenvalue weighted by Crippen LogP contribution is -2.40. The molecular weight excluding hydrogens is 282 g/mol. The maximum atomic E-state index is 12.4. The van der Waals surface area contributed by atoms with Gasteiger partial charge in [0.2, 0.25) is 0 Å². The summed E-state index contributed by atoms with van der Waals surface area (Å²) in [5.74, 6) is -0.524. The van der Waals surface area contributed by atoms with Crippen molar-refractivity contribution in [1.29, 1.82) is 0 Å². The highest BCUT2D eigenvalue weighted by Gasteiger charge is 2.29. The van der Waals surface area contributed by atoms with E-state index in [9.17, 15) is 9.59 Å².